The number of aromatic carboxylic acids is 1. The van der Waals surface area contributed by atoms with E-state index in [2.05, 4.69) is 5.10 Å². The van der Waals surface area contributed by atoms with Crippen LogP contribution in [0.1, 0.15) is 31.3 Å². The third kappa shape index (κ3) is 1.99. The van der Waals surface area contributed by atoms with Crippen molar-refractivity contribution in [3.63, 3.8) is 0 Å². The topological polar surface area (TPSA) is 72.2 Å². The molecule has 0 fully saturated rings. The second kappa shape index (κ2) is 3.25. The third-order valence-corrected chi connectivity index (χ3v) is 1.65. The second-order valence-electron chi connectivity index (χ2n) is 3.94. The van der Waals surface area contributed by atoms with Crippen LogP contribution in [0, 0.1) is 0 Å². The Labute approximate surface area is 81.0 Å². The first-order chi connectivity index (χ1) is 6.32. The van der Waals surface area contributed by atoms with Crippen LogP contribution in [-0.4, -0.2) is 20.9 Å². The molecule has 0 amide bonds. The Hall–Kier alpha value is -1.65. The second-order valence-corrected chi connectivity index (χ2v) is 3.94. The van der Waals surface area contributed by atoms with E-state index >= 15 is 0 Å². The molecule has 0 aliphatic rings. The highest BCUT2D eigenvalue weighted by molar-refractivity contribution is 5.84. The number of rotatable bonds is 1. The van der Waals surface area contributed by atoms with Crippen molar-refractivity contribution in [3.05, 3.63) is 28.2 Å². The predicted octanol–water partition coefficient (Wildman–Crippen LogP) is 0.696. The van der Waals surface area contributed by atoms with Gasteiger partial charge in [0.05, 0.1) is 5.54 Å². The minimum Gasteiger partial charge on any atom is -0.476 e. The lowest BCUT2D eigenvalue weighted by Gasteiger charge is -2.20. The maximum Gasteiger partial charge on any atom is 0.356 e. The summed E-state index contributed by atoms with van der Waals surface area (Å²) in [6, 6.07) is 2.41. The lowest BCUT2D eigenvalue weighted by molar-refractivity contribution is 0.0686. The quantitative estimate of drug-likeness (QED) is 0.717. The van der Waals surface area contributed by atoms with Gasteiger partial charge in [-0.25, -0.2) is 9.48 Å². The van der Waals surface area contributed by atoms with Crippen LogP contribution < -0.4 is 5.56 Å². The van der Waals surface area contributed by atoms with Crippen LogP contribution in [0.5, 0.6) is 0 Å². The zero-order valence-electron chi connectivity index (χ0n) is 8.31. The molecule has 0 saturated carbocycles. The van der Waals surface area contributed by atoms with E-state index in [1.54, 1.807) is 20.8 Å². The van der Waals surface area contributed by atoms with Crippen molar-refractivity contribution in [2.75, 3.05) is 0 Å². The van der Waals surface area contributed by atoms with Gasteiger partial charge in [0.25, 0.3) is 5.56 Å². The van der Waals surface area contributed by atoms with Gasteiger partial charge in [0.15, 0.2) is 5.69 Å². The van der Waals surface area contributed by atoms with Gasteiger partial charge in [0.1, 0.15) is 0 Å². The number of hydrogen-bond acceptors (Lipinski definition) is 3. The maximum absolute atomic E-state index is 11.3. The number of nitrogens with zero attached hydrogens (tertiary/aromatic N) is 2. The fourth-order valence-corrected chi connectivity index (χ4v) is 1.01. The van der Waals surface area contributed by atoms with Gasteiger partial charge < -0.3 is 5.11 Å². The number of aromatic nitrogens is 2. The van der Waals surface area contributed by atoms with Crippen molar-refractivity contribution >= 4 is 5.97 Å². The molecule has 1 heterocycles. The molecule has 1 N–H and O–H groups in total. The largest absolute Gasteiger partial charge is 0.476 e. The molecule has 0 bridgehead atoms. The average Bonchev–Trinajstić information content (AvgIpc) is 2.02. The number of hydrogen-bond donors (Lipinski definition) is 1. The van der Waals surface area contributed by atoms with Gasteiger partial charge in [0, 0.05) is 6.07 Å². The lowest BCUT2D eigenvalue weighted by atomic mass is 10.1. The fraction of sp³-hybridized carbons (Fsp3) is 0.444. The molecule has 0 radical (unpaired) electrons. The van der Waals surface area contributed by atoms with Crippen LogP contribution in [-0.2, 0) is 5.54 Å². The highest BCUT2D eigenvalue weighted by Crippen LogP contribution is 2.08. The van der Waals surface area contributed by atoms with Gasteiger partial charge in [-0.2, -0.15) is 5.10 Å². The Balaban J connectivity index is 3.37. The van der Waals surface area contributed by atoms with Crippen LogP contribution in [0.25, 0.3) is 0 Å². The van der Waals surface area contributed by atoms with E-state index in [4.69, 9.17) is 5.11 Å². The first kappa shape index (κ1) is 10.4. The first-order valence-electron chi connectivity index (χ1n) is 4.16. The normalized spacial score (nSPS) is 11.4. The Morgan fingerprint density at radius 1 is 1.43 bits per heavy atom. The van der Waals surface area contributed by atoms with E-state index in [9.17, 15) is 9.59 Å². The summed E-state index contributed by atoms with van der Waals surface area (Å²) in [5, 5.41) is 12.4. The summed E-state index contributed by atoms with van der Waals surface area (Å²) in [6.45, 7) is 5.35. The van der Waals surface area contributed by atoms with Crippen LogP contribution in [0.2, 0.25) is 0 Å². The fourth-order valence-electron chi connectivity index (χ4n) is 1.01. The van der Waals surface area contributed by atoms with E-state index in [0.717, 1.165) is 4.68 Å². The van der Waals surface area contributed by atoms with E-state index in [1.807, 2.05) is 0 Å². The van der Waals surface area contributed by atoms with Crippen molar-refractivity contribution in [3.8, 4) is 0 Å². The minimum atomic E-state index is -1.14. The van der Waals surface area contributed by atoms with E-state index in [-0.39, 0.29) is 11.3 Å². The maximum atomic E-state index is 11.3. The molecule has 0 aliphatic carbocycles. The van der Waals surface area contributed by atoms with Crippen molar-refractivity contribution < 1.29 is 9.90 Å². The van der Waals surface area contributed by atoms with Crippen molar-refractivity contribution in [2.24, 2.45) is 0 Å². The molecule has 5 nitrogen and oxygen atoms in total. The van der Waals surface area contributed by atoms with Gasteiger partial charge in [-0.15, -0.1) is 0 Å². The molecule has 0 saturated heterocycles. The molecule has 0 aromatic carbocycles. The molecular weight excluding hydrogens is 184 g/mol. The lowest BCUT2D eigenvalue weighted by Crippen LogP contribution is -2.36. The standard InChI is InChI=1S/C9H12N2O3/c1-9(2,3)11-7(12)5-4-6(10-11)8(13)14/h4-5H,1-3H3,(H,13,14). The molecule has 0 unspecified atom stereocenters. The van der Waals surface area contributed by atoms with Crippen LogP contribution in [0.4, 0.5) is 0 Å². The zero-order chi connectivity index (χ0) is 10.9. The third-order valence-electron chi connectivity index (χ3n) is 1.65. The summed E-state index contributed by atoms with van der Waals surface area (Å²) in [4.78, 5) is 22.0. The smallest absolute Gasteiger partial charge is 0.356 e. The molecule has 0 aliphatic heterocycles. The van der Waals surface area contributed by atoms with Crippen molar-refractivity contribution in [1.29, 1.82) is 0 Å². The number of carbonyl (C=O) groups is 1. The highest BCUT2D eigenvalue weighted by atomic mass is 16.4. The SMILES string of the molecule is CC(C)(C)n1nc(C(=O)O)ccc1=O. The minimum absolute atomic E-state index is 0.125. The van der Waals surface area contributed by atoms with Gasteiger partial charge in [-0.1, -0.05) is 0 Å². The molecule has 76 valence electrons. The molecule has 0 atom stereocenters. The summed E-state index contributed by atoms with van der Waals surface area (Å²) in [5.41, 5.74) is -0.940. The van der Waals surface area contributed by atoms with E-state index in [0.29, 0.717) is 0 Å². The summed E-state index contributed by atoms with van der Waals surface area (Å²) in [6.07, 6.45) is 0. The van der Waals surface area contributed by atoms with Crippen LogP contribution >= 0.6 is 0 Å². The molecule has 14 heavy (non-hydrogen) atoms. The summed E-state index contributed by atoms with van der Waals surface area (Å²) in [7, 11) is 0. The van der Waals surface area contributed by atoms with Crippen molar-refractivity contribution in [2.45, 2.75) is 26.3 Å². The van der Waals surface area contributed by atoms with E-state index in [1.165, 1.54) is 12.1 Å². The van der Waals surface area contributed by atoms with Gasteiger partial charge in [-0.3, -0.25) is 4.79 Å². The molecule has 1 rings (SSSR count). The number of carboxylic acid groups (broad SMARTS) is 1. The van der Waals surface area contributed by atoms with Crippen LogP contribution in [0.3, 0.4) is 0 Å². The van der Waals surface area contributed by atoms with Crippen LogP contribution in [0.15, 0.2) is 16.9 Å². The first-order valence-corrected chi connectivity index (χ1v) is 4.16. The zero-order valence-corrected chi connectivity index (χ0v) is 8.31. The summed E-state index contributed by atoms with van der Waals surface area (Å²) in [5.74, 6) is -1.14. The summed E-state index contributed by atoms with van der Waals surface area (Å²) >= 11 is 0. The summed E-state index contributed by atoms with van der Waals surface area (Å²) < 4.78 is 1.16. The van der Waals surface area contributed by atoms with Gasteiger partial charge in [0.2, 0.25) is 0 Å². The van der Waals surface area contributed by atoms with Gasteiger partial charge >= 0.3 is 5.97 Å². The Kier molecular flexibility index (Phi) is 2.42. The van der Waals surface area contributed by atoms with Crippen molar-refractivity contribution in [1.82, 2.24) is 9.78 Å². The van der Waals surface area contributed by atoms with E-state index < -0.39 is 11.5 Å². The Bertz CT molecular complexity index is 415. The number of carboxylic acids is 1. The van der Waals surface area contributed by atoms with Gasteiger partial charge in [-0.05, 0) is 26.8 Å². The highest BCUT2D eigenvalue weighted by Gasteiger charge is 2.17. The molecule has 5 heteroatoms. The molecule has 1 aromatic heterocycles. The average molecular weight is 196 g/mol. The molecule has 0 spiro atoms. The molecule has 1 aromatic rings. The Morgan fingerprint density at radius 3 is 2.43 bits per heavy atom. The molecular formula is C9H12N2O3. The predicted molar refractivity (Wildman–Crippen MR) is 50.5 cm³/mol. The monoisotopic (exact) mass is 196 g/mol. The Morgan fingerprint density at radius 2 is 2.00 bits per heavy atom.